The van der Waals surface area contributed by atoms with E-state index in [9.17, 15) is 4.79 Å². The van der Waals surface area contributed by atoms with Gasteiger partial charge in [-0.25, -0.2) is 4.98 Å². The van der Waals surface area contributed by atoms with Gasteiger partial charge in [-0.3, -0.25) is 4.79 Å². The Bertz CT molecular complexity index is 489. The van der Waals surface area contributed by atoms with E-state index in [0.717, 1.165) is 37.3 Å². The molecule has 1 aliphatic carbocycles. The molecule has 2 heterocycles. The molecule has 1 saturated carbocycles. The molecule has 0 aromatic carbocycles. The molecule has 1 amide bonds. The lowest BCUT2D eigenvalue weighted by Gasteiger charge is -2.23. The summed E-state index contributed by atoms with van der Waals surface area (Å²) < 4.78 is 0. The highest BCUT2D eigenvalue weighted by Crippen LogP contribution is 2.23. The second kappa shape index (κ2) is 7.61. The highest BCUT2D eigenvalue weighted by atomic mass is 16.1. The fraction of sp³-hybridized carbons (Fsp3) is 0.667. The maximum absolute atomic E-state index is 12.7. The van der Waals surface area contributed by atoms with Crippen molar-refractivity contribution >= 4 is 11.7 Å². The Labute approximate surface area is 133 Å². The number of hydrogen-bond acceptors (Lipinski definition) is 3. The van der Waals surface area contributed by atoms with Crippen molar-refractivity contribution in [2.45, 2.75) is 63.8 Å². The number of pyridine rings is 1. The third kappa shape index (κ3) is 3.79. The maximum atomic E-state index is 12.7. The number of amides is 1. The molecule has 22 heavy (non-hydrogen) atoms. The number of nitrogens with one attached hydrogen (secondary N) is 1. The molecule has 120 valence electrons. The summed E-state index contributed by atoms with van der Waals surface area (Å²) in [5.41, 5.74) is 0.742. The lowest BCUT2D eigenvalue weighted by Crippen LogP contribution is -2.36. The fourth-order valence-electron chi connectivity index (χ4n) is 3.62. The zero-order valence-corrected chi connectivity index (χ0v) is 13.4. The van der Waals surface area contributed by atoms with Crippen LogP contribution in [0.4, 0.5) is 5.82 Å². The Morgan fingerprint density at radius 2 is 1.73 bits per heavy atom. The number of nitrogens with zero attached hydrogens (tertiary/aromatic N) is 2. The van der Waals surface area contributed by atoms with Crippen molar-refractivity contribution < 1.29 is 4.79 Å². The van der Waals surface area contributed by atoms with E-state index in [-0.39, 0.29) is 5.91 Å². The molecule has 0 bridgehead atoms. The molecule has 1 saturated heterocycles. The summed E-state index contributed by atoms with van der Waals surface area (Å²) >= 11 is 0. The lowest BCUT2D eigenvalue weighted by molar-refractivity contribution is 0.0930. The van der Waals surface area contributed by atoms with Crippen molar-refractivity contribution in [2.75, 3.05) is 18.0 Å². The van der Waals surface area contributed by atoms with Gasteiger partial charge >= 0.3 is 0 Å². The maximum Gasteiger partial charge on any atom is 0.255 e. The first kappa shape index (κ1) is 15.3. The Morgan fingerprint density at radius 1 is 1.05 bits per heavy atom. The van der Waals surface area contributed by atoms with E-state index in [0.29, 0.717) is 6.04 Å². The predicted octanol–water partition coefficient (Wildman–Crippen LogP) is 3.52. The second-order valence-electron chi connectivity index (χ2n) is 6.58. The third-order valence-electron chi connectivity index (χ3n) is 4.88. The first-order chi connectivity index (χ1) is 10.8. The van der Waals surface area contributed by atoms with Crippen LogP contribution in [0.3, 0.4) is 0 Å². The average Bonchev–Trinajstić information content (AvgIpc) is 3.04. The Kier molecular flexibility index (Phi) is 5.30. The third-order valence-corrected chi connectivity index (χ3v) is 4.88. The summed E-state index contributed by atoms with van der Waals surface area (Å²) in [5, 5.41) is 3.26. The predicted molar refractivity (Wildman–Crippen MR) is 89.3 cm³/mol. The normalized spacial score (nSPS) is 20.5. The van der Waals surface area contributed by atoms with E-state index in [4.69, 9.17) is 0 Å². The van der Waals surface area contributed by atoms with Crippen LogP contribution in [0.2, 0.25) is 0 Å². The standard InChI is InChI=1S/C18H27N3O/c22-18(20-15-9-4-2-1-3-5-10-15)16-11-8-12-19-17(16)21-13-6-7-14-21/h8,11-12,15H,1-7,9-10,13-14H2,(H,20,22). The van der Waals surface area contributed by atoms with Gasteiger partial charge in [-0.1, -0.05) is 32.1 Å². The topological polar surface area (TPSA) is 45.2 Å². The van der Waals surface area contributed by atoms with E-state index in [1.165, 1.54) is 44.9 Å². The van der Waals surface area contributed by atoms with E-state index in [1.807, 2.05) is 12.1 Å². The van der Waals surface area contributed by atoms with Gasteiger partial charge in [0, 0.05) is 25.3 Å². The molecule has 0 radical (unpaired) electrons. The average molecular weight is 301 g/mol. The largest absolute Gasteiger partial charge is 0.356 e. The Morgan fingerprint density at radius 3 is 2.45 bits per heavy atom. The van der Waals surface area contributed by atoms with Gasteiger partial charge in [0.25, 0.3) is 5.91 Å². The van der Waals surface area contributed by atoms with Crippen LogP contribution in [-0.2, 0) is 0 Å². The molecule has 1 aliphatic heterocycles. The van der Waals surface area contributed by atoms with Gasteiger partial charge in [0.2, 0.25) is 0 Å². The summed E-state index contributed by atoms with van der Waals surface area (Å²) in [6.45, 7) is 2.03. The molecule has 0 atom stereocenters. The quantitative estimate of drug-likeness (QED) is 0.929. The van der Waals surface area contributed by atoms with Crippen LogP contribution < -0.4 is 10.2 Å². The fourth-order valence-corrected chi connectivity index (χ4v) is 3.62. The zero-order valence-electron chi connectivity index (χ0n) is 13.4. The highest BCUT2D eigenvalue weighted by molar-refractivity contribution is 5.99. The van der Waals surface area contributed by atoms with Crippen molar-refractivity contribution in [1.82, 2.24) is 10.3 Å². The Balaban J connectivity index is 1.68. The summed E-state index contributed by atoms with van der Waals surface area (Å²) in [5.74, 6) is 0.920. The van der Waals surface area contributed by atoms with E-state index < -0.39 is 0 Å². The molecule has 0 unspecified atom stereocenters. The molecule has 2 fully saturated rings. The minimum Gasteiger partial charge on any atom is -0.356 e. The molecule has 3 rings (SSSR count). The molecular weight excluding hydrogens is 274 g/mol. The first-order valence-electron chi connectivity index (χ1n) is 8.85. The lowest BCUT2D eigenvalue weighted by atomic mass is 9.96. The number of carbonyl (C=O) groups is 1. The van der Waals surface area contributed by atoms with Crippen LogP contribution in [-0.4, -0.2) is 30.0 Å². The molecule has 0 spiro atoms. The highest BCUT2D eigenvalue weighted by Gasteiger charge is 2.22. The molecule has 1 N–H and O–H groups in total. The monoisotopic (exact) mass is 301 g/mol. The first-order valence-corrected chi connectivity index (χ1v) is 8.85. The number of hydrogen-bond donors (Lipinski definition) is 1. The van der Waals surface area contributed by atoms with E-state index >= 15 is 0 Å². The van der Waals surface area contributed by atoms with E-state index in [1.54, 1.807) is 6.20 Å². The minimum atomic E-state index is 0.0561. The van der Waals surface area contributed by atoms with Gasteiger partial charge < -0.3 is 10.2 Å². The van der Waals surface area contributed by atoms with Crippen LogP contribution in [0.5, 0.6) is 0 Å². The zero-order chi connectivity index (χ0) is 15.2. The van der Waals surface area contributed by atoms with Crippen LogP contribution in [0.1, 0.15) is 68.1 Å². The summed E-state index contributed by atoms with van der Waals surface area (Å²) in [6.07, 6.45) is 12.8. The van der Waals surface area contributed by atoms with Crippen LogP contribution in [0.25, 0.3) is 0 Å². The molecule has 2 aliphatic rings. The summed E-state index contributed by atoms with van der Waals surface area (Å²) in [6, 6.07) is 4.12. The van der Waals surface area contributed by atoms with Crippen molar-refractivity contribution in [3.05, 3.63) is 23.9 Å². The van der Waals surface area contributed by atoms with Crippen molar-refractivity contribution in [3.8, 4) is 0 Å². The number of carbonyl (C=O) groups excluding carboxylic acids is 1. The van der Waals surface area contributed by atoms with Gasteiger partial charge in [0.1, 0.15) is 5.82 Å². The number of aromatic nitrogens is 1. The summed E-state index contributed by atoms with van der Waals surface area (Å²) in [7, 11) is 0. The van der Waals surface area contributed by atoms with Crippen LogP contribution in [0, 0.1) is 0 Å². The molecular formula is C18H27N3O. The molecule has 4 heteroatoms. The number of rotatable bonds is 3. The van der Waals surface area contributed by atoms with Gasteiger partial charge in [-0.2, -0.15) is 0 Å². The SMILES string of the molecule is O=C(NC1CCCCCCC1)c1cccnc1N1CCCC1. The molecule has 1 aromatic heterocycles. The van der Waals surface area contributed by atoms with Gasteiger partial charge in [0.05, 0.1) is 5.56 Å². The van der Waals surface area contributed by atoms with E-state index in [2.05, 4.69) is 15.2 Å². The van der Waals surface area contributed by atoms with Crippen LogP contribution >= 0.6 is 0 Å². The minimum absolute atomic E-state index is 0.0561. The molecule has 4 nitrogen and oxygen atoms in total. The van der Waals surface area contributed by atoms with Crippen molar-refractivity contribution in [1.29, 1.82) is 0 Å². The summed E-state index contributed by atoms with van der Waals surface area (Å²) in [4.78, 5) is 19.4. The van der Waals surface area contributed by atoms with Gasteiger partial charge in [-0.05, 0) is 37.8 Å². The second-order valence-corrected chi connectivity index (χ2v) is 6.58. The Hall–Kier alpha value is -1.58. The smallest absolute Gasteiger partial charge is 0.255 e. The molecule has 1 aromatic rings. The van der Waals surface area contributed by atoms with Crippen molar-refractivity contribution in [2.24, 2.45) is 0 Å². The van der Waals surface area contributed by atoms with Gasteiger partial charge in [-0.15, -0.1) is 0 Å². The van der Waals surface area contributed by atoms with Crippen molar-refractivity contribution in [3.63, 3.8) is 0 Å². The van der Waals surface area contributed by atoms with Crippen LogP contribution in [0.15, 0.2) is 18.3 Å². The van der Waals surface area contributed by atoms with Gasteiger partial charge in [0.15, 0.2) is 0 Å². The number of anilines is 1.